The molecule has 0 saturated heterocycles. The van der Waals surface area contributed by atoms with E-state index in [1.807, 2.05) is 79.8 Å². The molecule has 2 aromatic rings. The predicted octanol–water partition coefficient (Wildman–Crippen LogP) is 0.536. The first kappa shape index (κ1) is 47.1. The van der Waals surface area contributed by atoms with Crippen LogP contribution in [0.15, 0.2) is 60.7 Å². The van der Waals surface area contributed by atoms with Crippen LogP contribution in [0.2, 0.25) is 0 Å². The smallest absolute Gasteiger partial charge is 0.326 e. The Hall–Kier alpha value is -6.04. The number of hydrogen-bond donors (Lipinski definition) is 10. The third-order valence-corrected chi connectivity index (χ3v) is 8.79. The Morgan fingerprint density at radius 3 is 1.60 bits per heavy atom. The molecule has 0 aromatic heterocycles. The van der Waals surface area contributed by atoms with Gasteiger partial charge in [-0.3, -0.25) is 24.0 Å². The first-order chi connectivity index (χ1) is 27.1. The van der Waals surface area contributed by atoms with Crippen LogP contribution in [-0.4, -0.2) is 107 Å². The third-order valence-electron chi connectivity index (χ3n) is 8.79. The zero-order chi connectivity index (χ0) is 42.3. The van der Waals surface area contributed by atoms with Gasteiger partial charge in [-0.05, 0) is 42.2 Å². The van der Waals surface area contributed by atoms with E-state index in [-0.39, 0.29) is 69.5 Å². The van der Waals surface area contributed by atoms with E-state index in [1.54, 1.807) is 0 Å². The lowest BCUT2D eigenvalue weighted by molar-refractivity contribution is -0.141. The van der Waals surface area contributed by atoms with Crippen molar-refractivity contribution in [2.24, 2.45) is 17.6 Å². The Morgan fingerprint density at radius 2 is 1.11 bits per heavy atom. The van der Waals surface area contributed by atoms with Crippen molar-refractivity contribution in [1.29, 1.82) is 0 Å². The number of nitrogens with two attached hydrogens (primary N) is 1. The van der Waals surface area contributed by atoms with Gasteiger partial charge in [-0.15, -0.1) is 0 Å². The highest BCUT2D eigenvalue weighted by Gasteiger charge is 2.29. The van der Waals surface area contributed by atoms with E-state index in [0.29, 0.717) is 6.42 Å². The minimum Gasteiger partial charge on any atom is -0.481 e. The maximum Gasteiger partial charge on any atom is 0.326 e. The molecule has 0 aliphatic heterocycles. The number of hydrogen-bond acceptors (Lipinski definition) is 9. The highest BCUT2D eigenvalue weighted by molar-refractivity contribution is 5.92. The summed E-state index contributed by atoms with van der Waals surface area (Å²) in [6.45, 7) is 4.36. The van der Waals surface area contributed by atoms with Gasteiger partial charge in [0.25, 0.3) is 0 Å². The van der Waals surface area contributed by atoms with Crippen LogP contribution in [-0.2, 0) is 46.4 Å². The number of amides is 6. The van der Waals surface area contributed by atoms with E-state index in [0.717, 1.165) is 11.1 Å². The number of nitrogens with one attached hydrogen (secondary N) is 6. The molecule has 0 heterocycles. The summed E-state index contributed by atoms with van der Waals surface area (Å²) in [5.41, 5.74) is 7.21. The second kappa shape index (κ2) is 25.2. The fraction of sp³-hybridized carbons (Fsp3) is 0.487. The van der Waals surface area contributed by atoms with Crippen molar-refractivity contribution < 1.29 is 53.7 Å². The van der Waals surface area contributed by atoms with Crippen molar-refractivity contribution in [1.82, 2.24) is 31.9 Å². The molecular formula is C39H55N7O11. The Balaban J connectivity index is 1.93. The van der Waals surface area contributed by atoms with Crippen molar-refractivity contribution in [2.75, 3.05) is 19.6 Å². The summed E-state index contributed by atoms with van der Waals surface area (Å²) in [6, 6.07) is 12.2. The zero-order valence-electron chi connectivity index (χ0n) is 32.2. The molecule has 0 aliphatic rings. The quantitative estimate of drug-likeness (QED) is 0.0624. The van der Waals surface area contributed by atoms with Crippen LogP contribution in [0.4, 0.5) is 4.79 Å². The van der Waals surface area contributed by atoms with Crippen LogP contribution in [0.25, 0.3) is 0 Å². The van der Waals surface area contributed by atoms with Crippen LogP contribution in [0, 0.1) is 11.8 Å². The number of carbonyl (C=O) groups excluding carboxylic acids is 5. The Labute approximate surface area is 331 Å². The van der Waals surface area contributed by atoms with E-state index < -0.39 is 78.7 Å². The average Bonchev–Trinajstić information content (AvgIpc) is 3.16. The summed E-state index contributed by atoms with van der Waals surface area (Å²) in [5, 5.41) is 42.7. The molecule has 18 heteroatoms. The summed E-state index contributed by atoms with van der Waals surface area (Å²) < 4.78 is 0. The number of aliphatic carboxylic acids is 3. The van der Waals surface area contributed by atoms with Gasteiger partial charge in [-0.2, -0.15) is 0 Å². The van der Waals surface area contributed by atoms with Gasteiger partial charge in [0.05, 0.1) is 0 Å². The number of benzene rings is 2. The summed E-state index contributed by atoms with van der Waals surface area (Å²) in [6.07, 6.45) is -0.571. The van der Waals surface area contributed by atoms with Crippen LogP contribution >= 0.6 is 0 Å². The first-order valence-corrected chi connectivity index (χ1v) is 18.7. The minimum atomic E-state index is -1.56. The number of urea groups is 1. The van der Waals surface area contributed by atoms with E-state index in [1.165, 1.54) is 0 Å². The monoisotopic (exact) mass is 797 g/mol. The van der Waals surface area contributed by atoms with E-state index in [2.05, 4.69) is 26.6 Å². The van der Waals surface area contributed by atoms with E-state index >= 15 is 0 Å². The zero-order valence-corrected chi connectivity index (χ0v) is 32.2. The predicted molar refractivity (Wildman–Crippen MR) is 207 cm³/mol. The van der Waals surface area contributed by atoms with Crippen molar-refractivity contribution >= 4 is 47.6 Å². The molecule has 11 N–H and O–H groups in total. The number of carboxylic acids is 3. The second-order valence-corrected chi connectivity index (χ2v) is 14.0. The summed E-state index contributed by atoms with van der Waals surface area (Å²) in [4.78, 5) is 98.6. The largest absolute Gasteiger partial charge is 0.481 e. The van der Waals surface area contributed by atoms with Crippen molar-refractivity contribution in [3.8, 4) is 0 Å². The Kier molecular flexibility index (Phi) is 20.8. The fourth-order valence-corrected chi connectivity index (χ4v) is 5.92. The molecule has 0 fully saturated rings. The topological polar surface area (TPSA) is 295 Å². The van der Waals surface area contributed by atoms with Crippen molar-refractivity contribution in [3.63, 3.8) is 0 Å². The molecule has 0 bridgehead atoms. The number of rotatable bonds is 26. The lowest BCUT2D eigenvalue weighted by Crippen LogP contribution is -2.55. The molecule has 0 saturated carbocycles. The number of carboxylic acid groups (broad SMARTS) is 3. The van der Waals surface area contributed by atoms with Crippen molar-refractivity contribution in [3.05, 3.63) is 71.8 Å². The second-order valence-electron chi connectivity index (χ2n) is 14.0. The van der Waals surface area contributed by atoms with Gasteiger partial charge in [-0.1, -0.05) is 74.5 Å². The molecule has 0 radical (unpaired) electrons. The molecule has 2 aromatic carbocycles. The molecule has 0 aliphatic carbocycles. The molecule has 57 heavy (non-hydrogen) atoms. The normalized spacial score (nSPS) is 13.9. The molecule has 312 valence electrons. The Bertz CT molecular complexity index is 1650. The van der Waals surface area contributed by atoms with Gasteiger partial charge in [0.15, 0.2) is 0 Å². The van der Waals surface area contributed by atoms with Gasteiger partial charge in [0.2, 0.25) is 23.6 Å². The first-order valence-electron chi connectivity index (χ1n) is 18.7. The lowest BCUT2D eigenvalue weighted by Gasteiger charge is -2.24. The molecule has 2 rings (SSSR count). The van der Waals surface area contributed by atoms with E-state index in [4.69, 9.17) is 10.8 Å². The molecule has 4 unspecified atom stereocenters. The third kappa shape index (κ3) is 19.4. The highest BCUT2D eigenvalue weighted by atomic mass is 16.4. The average molecular weight is 798 g/mol. The van der Waals surface area contributed by atoms with E-state index in [9.17, 15) is 48.6 Å². The molecule has 0 spiro atoms. The summed E-state index contributed by atoms with van der Waals surface area (Å²) in [7, 11) is 0. The maximum atomic E-state index is 13.7. The molecular weight excluding hydrogens is 742 g/mol. The standard InChI is InChI=1S/C39H55N7O11/c1-24(19-25(2)23-42-32(47)15-13-28(37(53)54)45-39(57)46-29(38(55)56)14-16-34(49)50)20-33(48)43-31(22-27-11-7-4-8-12-27)36(52)44-30(35(51)41-18-17-40)21-26-9-5-3-6-10-26/h3-12,24-25,28-31H,13-23,40H2,1-2H3,(H,41,51)(H,42,47)(H,43,48)(H,44,52)(H,49,50)(H,53,54)(H,55,56)(H2,45,46,57)/t24?,25?,28?,29?,30-,31-/m0/s1. The van der Waals surface area contributed by atoms with Gasteiger partial charge < -0.3 is 53.0 Å². The van der Waals surface area contributed by atoms with Gasteiger partial charge in [0.1, 0.15) is 24.2 Å². The van der Waals surface area contributed by atoms with Gasteiger partial charge in [0, 0.05) is 51.7 Å². The highest BCUT2D eigenvalue weighted by Crippen LogP contribution is 2.16. The van der Waals surface area contributed by atoms with Gasteiger partial charge in [-0.25, -0.2) is 14.4 Å². The molecule has 6 atom stereocenters. The SMILES string of the molecule is CC(CNC(=O)CCC(NC(=O)NC(CCC(=O)O)C(=O)O)C(=O)O)CC(C)CC(=O)N[C@@H](Cc1ccccc1)C(=O)N[C@@H](Cc1ccccc1)C(=O)NCCN. The summed E-state index contributed by atoms with van der Waals surface area (Å²) >= 11 is 0. The summed E-state index contributed by atoms with van der Waals surface area (Å²) in [5.74, 6) is -6.31. The Morgan fingerprint density at radius 1 is 0.596 bits per heavy atom. The van der Waals surface area contributed by atoms with Gasteiger partial charge >= 0.3 is 23.9 Å². The van der Waals surface area contributed by atoms with Crippen molar-refractivity contribution in [2.45, 2.75) is 89.4 Å². The molecule has 18 nitrogen and oxygen atoms in total. The minimum absolute atomic E-state index is 0.0638. The van der Waals surface area contributed by atoms with Crippen LogP contribution in [0.3, 0.4) is 0 Å². The molecule has 6 amide bonds. The lowest BCUT2D eigenvalue weighted by atomic mass is 9.94. The number of carbonyl (C=O) groups is 8. The fourth-order valence-electron chi connectivity index (χ4n) is 5.92. The maximum absolute atomic E-state index is 13.7. The van der Waals surface area contributed by atoms with Crippen LogP contribution in [0.5, 0.6) is 0 Å². The van der Waals surface area contributed by atoms with Crippen LogP contribution < -0.4 is 37.6 Å². The van der Waals surface area contributed by atoms with Crippen LogP contribution in [0.1, 0.15) is 63.5 Å².